The van der Waals surface area contributed by atoms with Crippen LogP contribution in [0.1, 0.15) is 11.1 Å². The summed E-state index contributed by atoms with van der Waals surface area (Å²) < 4.78 is 38.7. The summed E-state index contributed by atoms with van der Waals surface area (Å²) in [6, 6.07) is 3.47. The van der Waals surface area contributed by atoms with E-state index in [-0.39, 0.29) is 28.7 Å². The van der Waals surface area contributed by atoms with Gasteiger partial charge < -0.3 is 16.0 Å². The largest absolute Gasteiger partial charge is 0.417 e. The Kier molecular flexibility index (Phi) is 4.93. The molecule has 0 fully saturated rings. The van der Waals surface area contributed by atoms with Gasteiger partial charge in [0.05, 0.1) is 12.1 Å². The van der Waals surface area contributed by atoms with E-state index in [9.17, 15) is 18.0 Å². The van der Waals surface area contributed by atoms with E-state index in [0.29, 0.717) is 0 Å². The highest BCUT2D eigenvalue weighted by atomic mass is 32.1. The number of halogens is 3. The first-order valence-corrected chi connectivity index (χ1v) is 5.99. The number of thiocarbonyl (C=S) groups is 1. The zero-order chi connectivity index (χ0) is 15.5. The van der Waals surface area contributed by atoms with Crippen LogP contribution in [0.4, 0.5) is 18.9 Å². The number of alkyl halides is 3. The molecule has 0 heterocycles. The Morgan fingerprint density at radius 1 is 1.40 bits per heavy atom. The van der Waals surface area contributed by atoms with Gasteiger partial charge in [0.25, 0.3) is 0 Å². The number of nitrogens with zero attached hydrogens (tertiary/aromatic N) is 1. The van der Waals surface area contributed by atoms with Crippen molar-refractivity contribution in [1.29, 1.82) is 0 Å². The Balaban J connectivity index is 3.02. The molecule has 0 saturated heterocycles. The Hall–Kier alpha value is -1.83. The van der Waals surface area contributed by atoms with E-state index in [1.165, 1.54) is 17.0 Å². The quantitative estimate of drug-likeness (QED) is 0.834. The van der Waals surface area contributed by atoms with Crippen LogP contribution in [0.25, 0.3) is 0 Å². The lowest BCUT2D eigenvalue weighted by molar-refractivity contribution is -0.137. The summed E-state index contributed by atoms with van der Waals surface area (Å²) in [4.78, 5) is 12.4. The molecule has 0 saturated carbocycles. The number of benzene rings is 1. The number of anilines is 1. The first-order chi connectivity index (χ1) is 9.12. The summed E-state index contributed by atoms with van der Waals surface area (Å²) in [5.41, 5.74) is 4.28. The molecule has 20 heavy (non-hydrogen) atoms. The molecule has 0 unspecified atom stereocenters. The number of amides is 1. The maximum absolute atomic E-state index is 12.9. The highest BCUT2D eigenvalue weighted by Crippen LogP contribution is 2.33. The fourth-order valence-electron chi connectivity index (χ4n) is 1.44. The van der Waals surface area contributed by atoms with Crippen LogP contribution in [-0.4, -0.2) is 36.4 Å². The van der Waals surface area contributed by atoms with Crippen molar-refractivity contribution in [2.75, 3.05) is 26.0 Å². The first kappa shape index (κ1) is 16.2. The van der Waals surface area contributed by atoms with Crippen molar-refractivity contribution in [2.24, 2.45) is 5.73 Å². The molecule has 1 rings (SSSR count). The van der Waals surface area contributed by atoms with Gasteiger partial charge in [-0.3, -0.25) is 4.79 Å². The lowest BCUT2D eigenvalue weighted by atomic mass is 10.1. The molecular formula is C12H14F3N3OS. The van der Waals surface area contributed by atoms with Crippen molar-refractivity contribution >= 4 is 28.8 Å². The topological polar surface area (TPSA) is 58.4 Å². The van der Waals surface area contributed by atoms with Gasteiger partial charge in [0, 0.05) is 25.3 Å². The average molecular weight is 305 g/mol. The third kappa shape index (κ3) is 4.09. The van der Waals surface area contributed by atoms with Gasteiger partial charge in [-0.25, -0.2) is 0 Å². The second kappa shape index (κ2) is 6.08. The predicted molar refractivity (Wildman–Crippen MR) is 74.5 cm³/mol. The number of carbonyl (C=O) groups excluding carboxylic acids is 1. The van der Waals surface area contributed by atoms with E-state index in [0.717, 1.165) is 6.07 Å². The highest BCUT2D eigenvalue weighted by Gasteiger charge is 2.34. The van der Waals surface area contributed by atoms with Gasteiger partial charge >= 0.3 is 6.18 Å². The van der Waals surface area contributed by atoms with Gasteiger partial charge in [0.15, 0.2) is 0 Å². The van der Waals surface area contributed by atoms with Crippen molar-refractivity contribution in [1.82, 2.24) is 4.90 Å². The summed E-state index contributed by atoms with van der Waals surface area (Å²) in [6.07, 6.45) is -4.57. The van der Waals surface area contributed by atoms with E-state index in [1.54, 1.807) is 14.1 Å². The summed E-state index contributed by atoms with van der Waals surface area (Å²) in [5, 5.41) is 2.63. The molecule has 0 radical (unpaired) electrons. The Labute approximate surface area is 119 Å². The molecule has 0 atom stereocenters. The van der Waals surface area contributed by atoms with Gasteiger partial charge in [-0.15, -0.1) is 0 Å². The maximum atomic E-state index is 12.9. The number of hydrogen-bond acceptors (Lipinski definition) is 3. The van der Waals surface area contributed by atoms with Crippen molar-refractivity contribution in [3.05, 3.63) is 29.3 Å². The van der Waals surface area contributed by atoms with Crippen LogP contribution >= 0.6 is 12.2 Å². The van der Waals surface area contributed by atoms with Crippen LogP contribution in [0.5, 0.6) is 0 Å². The Morgan fingerprint density at radius 3 is 2.45 bits per heavy atom. The number of nitrogens with one attached hydrogen (secondary N) is 1. The van der Waals surface area contributed by atoms with E-state index in [4.69, 9.17) is 5.73 Å². The van der Waals surface area contributed by atoms with Crippen molar-refractivity contribution in [3.8, 4) is 0 Å². The Bertz CT molecular complexity index is 529. The highest BCUT2D eigenvalue weighted by molar-refractivity contribution is 7.80. The normalized spacial score (nSPS) is 11.1. The van der Waals surface area contributed by atoms with Crippen LogP contribution in [0, 0.1) is 0 Å². The zero-order valence-electron chi connectivity index (χ0n) is 10.9. The lowest BCUT2D eigenvalue weighted by Crippen LogP contribution is -2.28. The number of carbonyl (C=O) groups is 1. The third-order valence-electron chi connectivity index (χ3n) is 2.53. The predicted octanol–water partition coefficient (Wildman–Crippen LogP) is 1.84. The first-order valence-electron chi connectivity index (χ1n) is 5.58. The third-order valence-corrected chi connectivity index (χ3v) is 2.75. The summed E-state index contributed by atoms with van der Waals surface area (Å²) >= 11 is 4.60. The molecule has 110 valence electrons. The fraction of sp³-hybridized carbons (Fsp3) is 0.333. The molecule has 3 N–H and O–H groups in total. The molecule has 1 aromatic carbocycles. The van der Waals surface area contributed by atoms with Crippen molar-refractivity contribution in [2.45, 2.75) is 6.18 Å². The zero-order valence-corrected chi connectivity index (χ0v) is 11.7. The fourth-order valence-corrected chi connectivity index (χ4v) is 1.62. The molecule has 0 spiro atoms. The Morgan fingerprint density at radius 2 is 2.00 bits per heavy atom. The standard InChI is InChI=1S/C12H14F3N3OS/c1-18(2)10(19)6-17-7-3-4-8(11(16)20)9(5-7)12(13,14)15/h3-5,17H,6H2,1-2H3,(H2,16,20). The molecule has 0 aromatic heterocycles. The van der Waals surface area contributed by atoms with Gasteiger partial charge in [-0.1, -0.05) is 12.2 Å². The van der Waals surface area contributed by atoms with Gasteiger partial charge in [0.2, 0.25) is 5.91 Å². The minimum atomic E-state index is -4.57. The second-order valence-corrected chi connectivity index (χ2v) is 4.70. The van der Waals surface area contributed by atoms with Crippen LogP contribution in [-0.2, 0) is 11.0 Å². The number of rotatable bonds is 4. The van der Waals surface area contributed by atoms with Crippen LogP contribution in [0.15, 0.2) is 18.2 Å². The number of likely N-dealkylation sites (N-methyl/N-ethyl adjacent to an activating group) is 1. The van der Waals surface area contributed by atoms with Gasteiger partial charge in [-0.2, -0.15) is 13.2 Å². The average Bonchev–Trinajstić information content (AvgIpc) is 2.34. The van der Waals surface area contributed by atoms with Crippen molar-refractivity contribution < 1.29 is 18.0 Å². The van der Waals surface area contributed by atoms with Crippen molar-refractivity contribution in [3.63, 3.8) is 0 Å². The van der Waals surface area contributed by atoms with Crippen LogP contribution < -0.4 is 11.1 Å². The van der Waals surface area contributed by atoms with E-state index >= 15 is 0 Å². The molecule has 4 nitrogen and oxygen atoms in total. The minimum absolute atomic E-state index is 0.100. The lowest BCUT2D eigenvalue weighted by Gasteiger charge is -2.15. The second-order valence-electron chi connectivity index (χ2n) is 4.26. The van der Waals surface area contributed by atoms with Gasteiger partial charge in [0.1, 0.15) is 4.99 Å². The minimum Gasteiger partial charge on any atom is -0.389 e. The van der Waals surface area contributed by atoms with E-state index in [1.807, 2.05) is 0 Å². The summed E-state index contributed by atoms with van der Waals surface area (Å²) in [7, 11) is 3.11. The van der Waals surface area contributed by atoms with Crippen LogP contribution in [0.2, 0.25) is 0 Å². The van der Waals surface area contributed by atoms with Gasteiger partial charge in [-0.05, 0) is 18.2 Å². The number of hydrogen-bond donors (Lipinski definition) is 2. The summed E-state index contributed by atoms with van der Waals surface area (Å²) in [6.45, 7) is -0.100. The SMILES string of the molecule is CN(C)C(=O)CNc1ccc(C(N)=S)c(C(F)(F)F)c1. The van der Waals surface area contributed by atoms with E-state index < -0.39 is 11.7 Å². The molecule has 0 aliphatic rings. The molecule has 1 amide bonds. The smallest absolute Gasteiger partial charge is 0.389 e. The van der Waals surface area contributed by atoms with E-state index in [2.05, 4.69) is 17.5 Å². The monoisotopic (exact) mass is 305 g/mol. The molecule has 1 aromatic rings. The molecule has 0 aliphatic heterocycles. The summed E-state index contributed by atoms with van der Waals surface area (Å²) in [5.74, 6) is -0.253. The molecule has 0 bridgehead atoms. The molecular weight excluding hydrogens is 291 g/mol. The van der Waals surface area contributed by atoms with Crippen LogP contribution in [0.3, 0.4) is 0 Å². The maximum Gasteiger partial charge on any atom is 0.417 e. The molecule has 8 heteroatoms. The number of nitrogens with two attached hydrogens (primary N) is 1. The molecule has 0 aliphatic carbocycles.